The summed E-state index contributed by atoms with van der Waals surface area (Å²) in [7, 11) is 0. The van der Waals surface area contributed by atoms with Crippen LogP contribution in [-0.4, -0.2) is 23.4 Å². The molecule has 1 fully saturated rings. The predicted octanol–water partition coefficient (Wildman–Crippen LogP) is 2.49. The average Bonchev–Trinajstić information content (AvgIpc) is 3.01. The Bertz CT molecular complexity index is 683. The Kier molecular flexibility index (Phi) is 4.66. The molecular weight excluding hydrogens is 292 g/mol. The highest BCUT2D eigenvalue weighted by atomic mass is 16.5. The summed E-state index contributed by atoms with van der Waals surface area (Å²) in [4.78, 5) is 29.3. The van der Waals surface area contributed by atoms with Gasteiger partial charge in [0.2, 0.25) is 5.91 Å². The van der Waals surface area contributed by atoms with Gasteiger partial charge in [0, 0.05) is 36.6 Å². The van der Waals surface area contributed by atoms with Crippen LogP contribution in [0.4, 0.5) is 5.69 Å². The lowest BCUT2D eigenvalue weighted by atomic mass is 10.1. The largest absolute Gasteiger partial charge is 0.460 e. The summed E-state index contributed by atoms with van der Waals surface area (Å²) in [5.74, 6) is -0.118. The Balaban J connectivity index is 1.53. The summed E-state index contributed by atoms with van der Waals surface area (Å²) in [6.45, 7) is 0.998. The number of hydrogen-bond acceptors (Lipinski definition) is 4. The zero-order chi connectivity index (χ0) is 16.1. The summed E-state index contributed by atoms with van der Waals surface area (Å²) >= 11 is 0. The summed E-state index contributed by atoms with van der Waals surface area (Å²) in [5, 5.41) is 0. The standard InChI is InChI=1S/C18H18N2O3/c21-17-4-2-10-20(17)16-7-5-14(6-8-16)11-18(22)23-13-15-3-1-9-19-12-15/h1,3,5-9,12H,2,4,10-11,13H2. The molecule has 3 rings (SSSR count). The Hall–Kier alpha value is -2.69. The van der Waals surface area contributed by atoms with Crippen molar-refractivity contribution in [2.75, 3.05) is 11.4 Å². The Labute approximate surface area is 134 Å². The molecule has 1 amide bonds. The highest BCUT2D eigenvalue weighted by Gasteiger charge is 2.21. The first-order valence-electron chi connectivity index (χ1n) is 7.66. The van der Waals surface area contributed by atoms with Crippen molar-refractivity contribution in [3.05, 3.63) is 59.9 Å². The van der Waals surface area contributed by atoms with Gasteiger partial charge in [-0.15, -0.1) is 0 Å². The monoisotopic (exact) mass is 310 g/mol. The number of pyridine rings is 1. The molecule has 0 bridgehead atoms. The highest BCUT2D eigenvalue weighted by molar-refractivity contribution is 5.95. The fraction of sp³-hybridized carbons (Fsp3) is 0.278. The zero-order valence-electron chi connectivity index (χ0n) is 12.8. The fourth-order valence-electron chi connectivity index (χ4n) is 2.58. The van der Waals surface area contributed by atoms with Gasteiger partial charge in [0.25, 0.3) is 0 Å². The summed E-state index contributed by atoms with van der Waals surface area (Å²) in [5.41, 5.74) is 2.63. The van der Waals surface area contributed by atoms with E-state index in [0.717, 1.165) is 29.8 Å². The van der Waals surface area contributed by atoms with E-state index in [1.165, 1.54) is 0 Å². The van der Waals surface area contributed by atoms with Crippen LogP contribution in [0.2, 0.25) is 0 Å². The van der Waals surface area contributed by atoms with Gasteiger partial charge >= 0.3 is 5.97 Å². The van der Waals surface area contributed by atoms with E-state index in [0.29, 0.717) is 6.42 Å². The van der Waals surface area contributed by atoms with Crippen molar-refractivity contribution in [1.29, 1.82) is 0 Å². The third kappa shape index (κ3) is 3.94. The SMILES string of the molecule is O=C(Cc1ccc(N2CCCC2=O)cc1)OCc1cccnc1. The van der Waals surface area contributed by atoms with Crippen molar-refractivity contribution >= 4 is 17.6 Å². The molecule has 1 saturated heterocycles. The summed E-state index contributed by atoms with van der Waals surface area (Å²) in [6.07, 6.45) is 5.09. The number of nitrogens with zero attached hydrogens (tertiary/aromatic N) is 2. The second kappa shape index (κ2) is 7.05. The second-order valence-electron chi connectivity index (χ2n) is 5.51. The first-order chi connectivity index (χ1) is 11.2. The Morgan fingerprint density at radius 2 is 2.00 bits per heavy atom. The van der Waals surface area contributed by atoms with Crippen molar-refractivity contribution in [1.82, 2.24) is 4.98 Å². The quantitative estimate of drug-likeness (QED) is 0.796. The minimum Gasteiger partial charge on any atom is -0.460 e. The van der Waals surface area contributed by atoms with Gasteiger partial charge in [0.15, 0.2) is 0 Å². The number of carbonyl (C=O) groups excluding carboxylic acids is 2. The van der Waals surface area contributed by atoms with Crippen LogP contribution in [0.5, 0.6) is 0 Å². The zero-order valence-corrected chi connectivity index (χ0v) is 12.8. The molecule has 5 heteroatoms. The average molecular weight is 310 g/mol. The number of rotatable bonds is 5. The van der Waals surface area contributed by atoms with Crippen molar-refractivity contribution < 1.29 is 14.3 Å². The van der Waals surface area contributed by atoms with Crippen LogP contribution in [0.25, 0.3) is 0 Å². The van der Waals surface area contributed by atoms with E-state index in [1.807, 2.05) is 36.4 Å². The summed E-state index contributed by atoms with van der Waals surface area (Å²) < 4.78 is 5.24. The molecule has 1 aromatic heterocycles. The van der Waals surface area contributed by atoms with E-state index in [9.17, 15) is 9.59 Å². The molecule has 2 aromatic rings. The van der Waals surface area contributed by atoms with Crippen LogP contribution < -0.4 is 4.90 Å². The van der Waals surface area contributed by atoms with E-state index in [1.54, 1.807) is 17.3 Å². The number of amides is 1. The van der Waals surface area contributed by atoms with Gasteiger partial charge in [-0.2, -0.15) is 0 Å². The van der Waals surface area contributed by atoms with Crippen molar-refractivity contribution in [3.8, 4) is 0 Å². The molecule has 2 heterocycles. The van der Waals surface area contributed by atoms with E-state index >= 15 is 0 Å². The highest BCUT2D eigenvalue weighted by Crippen LogP contribution is 2.21. The normalized spacial score (nSPS) is 14.1. The van der Waals surface area contributed by atoms with Gasteiger partial charge < -0.3 is 9.64 Å². The molecule has 118 valence electrons. The predicted molar refractivity (Wildman–Crippen MR) is 85.8 cm³/mol. The van der Waals surface area contributed by atoms with Crippen molar-refractivity contribution in [2.45, 2.75) is 25.9 Å². The molecule has 0 saturated carbocycles. The minimum atomic E-state index is -0.279. The molecule has 1 aliphatic heterocycles. The molecule has 0 unspecified atom stereocenters. The molecule has 1 aliphatic rings. The molecule has 0 atom stereocenters. The number of aromatic nitrogens is 1. The van der Waals surface area contributed by atoms with E-state index < -0.39 is 0 Å². The second-order valence-corrected chi connectivity index (χ2v) is 5.51. The molecule has 1 aromatic carbocycles. The third-order valence-electron chi connectivity index (χ3n) is 3.79. The maximum absolute atomic E-state index is 11.9. The third-order valence-corrected chi connectivity index (χ3v) is 3.79. The maximum Gasteiger partial charge on any atom is 0.310 e. The van der Waals surface area contributed by atoms with Crippen LogP contribution in [0, 0.1) is 0 Å². The number of carbonyl (C=O) groups is 2. The number of ether oxygens (including phenoxy) is 1. The van der Waals surface area contributed by atoms with Crippen LogP contribution in [0.1, 0.15) is 24.0 Å². The Morgan fingerprint density at radius 1 is 1.17 bits per heavy atom. The van der Waals surface area contributed by atoms with Crippen LogP contribution in [-0.2, 0) is 27.4 Å². The Morgan fingerprint density at radius 3 is 2.65 bits per heavy atom. The van der Waals surface area contributed by atoms with Gasteiger partial charge in [0.05, 0.1) is 6.42 Å². The molecule has 0 aliphatic carbocycles. The number of hydrogen-bond donors (Lipinski definition) is 0. The lowest BCUT2D eigenvalue weighted by Gasteiger charge is -2.15. The number of esters is 1. The van der Waals surface area contributed by atoms with Gasteiger partial charge in [-0.25, -0.2) is 0 Å². The van der Waals surface area contributed by atoms with Crippen molar-refractivity contribution in [3.63, 3.8) is 0 Å². The fourth-order valence-corrected chi connectivity index (χ4v) is 2.58. The van der Waals surface area contributed by atoms with Gasteiger partial charge in [0.1, 0.15) is 6.61 Å². The van der Waals surface area contributed by atoms with Crippen LogP contribution in [0.3, 0.4) is 0 Å². The van der Waals surface area contributed by atoms with Crippen molar-refractivity contribution in [2.24, 2.45) is 0 Å². The number of benzene rings is 1. The number of anilines is 1. The first-order valence-corrected chi connectivity index (χ1v) is 7.66. The molecular formula is C18H18N2O3. The first kappa shape index (κ1) is 15.2. The van der Waals surface area contributed by atoms with Gasteiger partial charge in [-0.05, 0) is 30.2 Å². The topological polar surface area (TPSA) is 59.5 Å². The van der Waals surface area contributed by atoms with Gasteiger partial charge in [-0.3, -0.25) is 14.6 Å². The van der Waals surface area contributed by atoms with E-state index in [-0.39, 0.29) is 24.9 Å². The van der Waals surface area contributed by atoms with Crippen LogP contribution in [0.15, 0.2) is 48.8 Å². The molecule has 0 radical (unpaired) electrons. The molecule has 0 spiro atoms. The smallest absolute Gasteiger partial charge is 0.310 e. The lowest BCUT2D eigenvalue weighted by Crippen LogP contribution is -2.23. The maximum atomic E-state index is 11.9. The van der Waals surface area contributed by atoms with Crippen LogP contribution >= 0.6 is 0 Å². The summed E-state index contributed by atoms with van der Waals surface area (Å²) in [6, 6.07) is 11.2. The minimum absolute atomic E-state index is 0.161. The molecule has 23 heavy (non-hydrogen) atoms. The van der Waals surface area contributed by atoms with Gasteiger partial charge in [-0.1, -0.05) is 18.2 Å². The molecule has 5 nitrogen and oxygen atoms in total. The van der Waals surface area contributed by atoms with E-state index in [4.69, 9.17) is 4.74 Å². The molecule has 0 N–H and O–H groups in total. The van der Waals surface area contributed by atoms with E-state index in [2.05, 4.69) is 4.98 Å². The lowest BCUT2D eigenvalue weighted by molar-refractivity contribution is -0.144.